The SMILES string of the molecule is CC(OC(=O)Cn1cnc2c(cnn2C)c1=O)C(=O)Nc1cccc(C(F)(F)F)c1. The average molecular weight is 423 g/mol. The molecule has 158 valence electrons. The number of carbonyl (C=O) groups is 2. The fraction of sp³-hybridized carbons (Fsp3) is 0.278. The minimum Gasteiger partial charge on any atom is -0.451 e. The highest BCUT2D eigenvalue weighted by Crippen LogP contribution is 2.30. The maximum Gasteiger partial charge on any atom is 0.416 e. The molecule has 1 atom stereocenters. The van der Waals surface area contributed by atoms with Crippen molar-refractivity contribution in [1.29, 1.82) is 0 Å². The van der Waals surface area contributed by atoms with Crippen LogP contribution < -0.4 is 10.9 Å². The number of aromatic nitrogens is 4. The van der Waals surface area contributed by atoms with Crippen molar-refractivity contribution in [2.45, 2.75) is 25.7 Å². The van der Waals surface area contributed by atoms with E-state index < -0.39 is 41.8 Å². The number of nitrogens with zero attached hydrogens (tertiary/aromatic N) is 4. The van der Waals surface area contributed by atoms with Crippen molar-refractivity contribution in [3.05, 3.63) is 52.7 Å². The molecule has 0 aliphatic rings. The van der Waals surface area contributed by atoms with E-state index in [1.807, 2.05) is 0 Å². The summed E-state index contributed by atoms with van der Waals surface area (Å²) >= 11 is 0. The molecule has 3 rings (SSSR count). The lowest BCUT2D eigenvalue weighted by Gasteiger charge is -2.15. The Bertz CT molecular complexity index is 1170. The Labute approximate surface area is 167 Å². The lowest BCUT2D eigenvalue weighted by molar-refractivity contribution is -0.153. The Morgan fingerprint density at radius 2 is 2.03 bits per heavy atom. The number of rotatable bonds is 5. The molecule has 1 N–H and O–H groups in total. The number of benzene rings is 1. The quantitative estimate of drug-likeness (QED) is 0.626. The number of aryl methyl sites for hydroxylation is 1. The Kier molecular flexibility index (Phi) is 5.58. The summed E-state index contributed by atoms with van der Waals surface area (Å²) in [6.07, 6.45) is -3.40. The third-order valence-electron chi connectivity index (χ3n) is 4.15. The lowest BCUT2D eigenvalue weighted by atomic mass is 10.2. The van der Waals surface area contributed by atoms with E-state index in [0.717, 1.165) is 29.1 Å². The normalized spacial score (nSPS) is 12.6. The molecule has 9 nitrogen and oxygen atoms in total. The van der Waals surface area contributed by atoms with Gasteiger partial charge in [0.2, 0.25) is 0 Å². The predicted molar refractivity (Wildman–Crippen MR) is 98.4 cm³/mol. The maximum atomic E-state index is 12.8. The van der Waals surface area contributed by atoms with E-state index in [2.05, 4.69) is 15.4 Å². The van der Waals surface area contributed by atoms with E-state index in [1.165, 1.54) is 23.9 Å². The molecule has 1 unspecified atom stereocenters. The summed E-state index contributed by atoms with van der Waals surface area (Å²) in [6, 6.07) is 4.05. The second-order valence-corrected chi connectivity index (χ2v) is 6.38. The third kappa shape index (κ3) is 4.47. The summed E-state index contributed by atoms with van der Waals surface area (Å²) in [5, 5.41) is 6.38. The number of alkyl halides is 3. The van der Waals surface area contributed by atoms with Gasteiger partial charge in [0, 0.05) is 12.7 Å². The highest BCUT2D eigenvalue weighted by Gasteiger charge is 2.30. The van der Waals surface area contributed by atoms with Gasteiger partial charge in [0.05, 0.1) is 11.8 Å². The minimum atomic E-state index is -4.56. The van der Waals surface area contributed by atoms with Crippen LogP contribution in [0.15, 0.2) is 41.6 Å². The number of esters is 1. The molecule has 1 aromatic carbocycles. The van der Waals surface area contributed by atoms with E-state index in [-0.39, 0.29) is 11.1 Å². The minimum absolute atomic E-state index is 0.0971. The zero-order chi connectivity index (χ0) is 22.1. The smallest absolute Gasteiger partial charge is 0.416 e. The van der Waals surface area contributed by atoms with Gasteiger partial charge in [0.25, 0.3) is 11.5 Å². The van der Waals surface area contributed by atoms with Crippen LogP contribution in [0.4, 0.5) is 18.9 Å². The second kappa shape index (κ2) is 7.97. The van der Waals surface area contributed by atoms with Gasteiger partial charge in [-0.25, -0.2) is 4.98 Å². The highest BCUT2D eigenvalue weighted by atomic mass is 19.4. The average Bonchev–Trinajstić information content (AvgIpc) is 3.05. The lowest BCUT2D eigenvalue weighted by Crippen LogP contribution is -2.33. The number of hydrogen-bond acceptors (Lipinski definition) is 6. The molecule has 12 heteroatoms. The van der Waals surface area contributed by atoms with Crippen LogP contribution in [0, 0.1) is 0 Å². The number of anilines is 1. The first-order valence-corrected chi connectivity index (χ1v) is 8.61. The number of amides is 1. The summed E-state index contributed by atoms with van der Waals surface area (Å²) in [7, 11) is 1.61. The first-order chi connectivity index (χ1) is 14.1. The molecule has 0 radical (unpaired) electrons. The first-order valence-electron chi connectivity index (χ1n) is 8.61. The van der Waals surface area contributed by atoms with E-state index in [9.17, 15) is 27.6 Å². The van der Waals surface area contributed by atoms with Crippen LogP contribution in [-0.2, 0) is 34.1 Å². The standard InChI is InChI=1S/C18H16F3N5O4/c1-10(16(28)24-12-5-3-4-11(6-12)18(19,20)21)30-14(27)8-26-9-22-15-13(17(26)29)7-23-25(15)2/h3-7,9-10H,8H2,1-2H3,(H,24,28). The summed E-state index contributed by atoms with van der Waals surface area (Å²) in [5.41, 5.74) is -1.19. The molecule has 0 fully saturated rings. The van der Waals surface area contributed by atoms with Crippen LogP contribution in [0.2, 0.25) is 0 Å². The molecular weight excluding hydrogens is 407 g/mol. The van der Waals surface area contributed by atoms with Gasteiger partial charge in [-0.1, -0.05) is 6.07 Å². The predicted octanol–water partition coefficient (Wildman–Crippen LogP) is 1.72. The summed E-state index contributed by atoms with van der Waals surface area (Å²) in [6.45, 7) is 0.754. The second-order valence-electron chi connectivity index (χ2n) is 6.38. The van der Waals surface area contributed by atoms with Crippen molar-refractivity contribution in [2.24, 2.45) is 7.05 Å². The third-order valence-corrected chi connectivity index (χ3v) is 4.15. The van der Waals surface area contributed by atoms with E-state index in [1.54, 1.807) is 7.05 Å². The molecular formula is C18H16F3N5O4. The molecule has 2 heterocycles. The zero-order valence-corrected chi connectivity index (χ0v) is 15.8. The van der Waals surface area contributed by atoms with Crippen molar-refractivity contribution in [3.8, 4) is 0 Å². The van der Waals surface area contributed by atoms with Crippen LogP contribution >= 0.6 is 0 Å². The molecule has 0 aliphatic heterocycles. The topological polar surface area (TPSA) is 108 Å². The van der Waals surface area contributed by atoms with Crippen molar-refractivity contribution in [1.82, 2.24) is 19.3 Å². The largest absolute Gasteiger partial charge is 0.451 e. The molecule has 0 aliphatic carbocycles. The Morgan fingerprint density at radius 3 is 2.73 bits per heavy atom. The maximum absolute atomic E-state index is 12.8. The molecule has 30 heavy (non-hydrogen) atoms. The van der Waals surface area contributed by atoms with Gasteiger partial charge in [-0.15, -0.1) is 0 Å². The van der Waals surface area contributed by atoms with Crippen molar-refractivity contribution < 1.29 is 27.5 Å². The number of hydrogen-bond donors (Lipinski definition) is 1. The molecule has 0 saturated heterocycles. The fourth-order valence-electron chi connectivity index (χ4n) is 2.62. The number of carbonyl (C=O) groups excluding carboxylic acids is 2. The molecule has 2 aromatic heterocycles. The summed E-state index contributed by atoms with van der Waals surface area (Å²) in [4.78, 5) is 40.6. The molecule has 0 bridgehead atoms. The molecule has 3 aromatic rings. The van der Waals surface area contributed by atoms with Crippen molar-refractivity contribution >= 4 is 28.6 Å². The van der Waals surface area contributed by atoms with Gasteiger partial charge in [0.1, 0.15) is 18.3 Å². The van der Waals surface area contributed by atoms with E-state index >= 15 is 0 Å². The summed E-state index contributed by atoms with van der Waals surface area (Å²) in [5.74, 6) is -1.72. The Hall–Kier alpha value is -3.70. The Balaban J connectivity index is 1.64. The molecule has 0 saturated carbocycles. The van der Waals surface area contributed by atoms with Crippen LogP contribution in [0.5, 0.6) is 0 Å². The number of fused-ring (bicyclic) bond motifs is 1. The zero-order valence-electron chi connectivity index (χ0n) is 15.8. The monoisotopic (exact) mass is 423 g/mol. The number of nitrogens with one attached hydrogen (secondary N) is 1. The van der Waals surface area contributed by atoms with Gasteiger partial charge >= 0.3 is 12.1 Å². The van der Waals surface area contributed by atoms with Crippen LogP contribution in [-0.4, -0.2) is 37.3 Å². The summed E-state index contributed by atoms with van der Waals surface area (Å²) < 4.78 is 45.6. The van der Waals surface area contributed by atoms with Gasteiger partial charge in [0.15, 0.2) is 11.8 Å². The van der Waals surface area contributed by atoms with Crippen LogP contribution in [0.1, 0.15) is 12.5 Å². The molecule has 0 spiro atoms. The van der Waals surface area contributed by atoms with Crippen molar-refractivity contribution in [3.63, 3.8) is 0 Å². The van der Waals surface area contributed by atoms with E-state index in [4.69, 9.17) is 4.74 Å². The number of ether oxygens (including phenoxy) is 1. The van der Waals surface area contributed by atoms with Crippen LogP contribution in [0.25, 0.3) is 11.0 Å². The highest BCUT2D eigenvalue weighted by molar-refractivity contribution is 5.95. The number of halogens is 3. The van der Waals surface area contributed by atoms with Crippen LogP contribution in [0.3, 0.4) is 0 Å². The fourth-order valence-corrected chi connectivity index (χ4v) is 2.62. The van der Waals surface area contributed by atoms with Gasteiger partial charge in [-0.2, -0.15) is 18.3 Å². The van der Waals surface area contributed by atoms with Gasteiger partial charge in [-0.3, -0.25) is 23.6 Å². The van der Waals surface area contributed by atoms with Crippen molar-refractivity contribution in [2.75, 3.05) is 5.32 Å². The molecule has 1 amide bonds. The first kappa shape index (κ1) is 21.0. The van der Waals surface area contributed by atoms with E-state index in [0.29, 0.717) is 5.65 Å². The van der Waals surface area contributed by atoms with Gasteiger partial charge < -0.3 is 10.1 Å². The van der Waals surface area contributed by atoms with Gasteiger partial charge in [-0.05, 0) is 25.1 Å². The Morgan fingerprint density at radius 1 is 1.30 bits per heavy atom.